The van der Waals surface area contributed by atoms with Gasteiger partial charge in [0.15, 0.2) is 0 Å². The molecule has 0 aliphatic rings. The Bertz CT molecular complexity index is 602. The van der Waals surface area contributed by atoms with Crippen LogP contribution in [-0.2, 0) is 0 Å². The van der Waals surface area contributed by atoms with Crippen LogP contribution in [0.5, 0.6) is 0 Å². The van der Waals surface area contributed by atoms with Gasteiger partial charge in [0.1, 0.15) is 5.82 Å². The normalized spacial score (nSPS) is 10.0. The van der Waals surface area contributed by atoms with Gasteiger partial charge in [0.05, 0.1) is 0 Å². The Balaban J connectivity index is 2.27. The molecule has 0 unspecified atom stereocenters. The molecule has 0 fully saturated rings. The van der Waals surface area contributed by atoms with Crippen molar-refractivity contribution in [1.82, 2.24) is 0 Å². The van der Waals surface area contributed by atoms with E-state index in [1.165, 1.54) is 25.0 Å². The lowest BCUT2D eigenvalue weighted by Gasteiger charge is -2.05. The topological polar surface area (TPSA) is 0 Å². The van der Waals surface area contributed by atoms with Crippen molar-refractivity contribution in [2.45, 2.75) is 32.6 Å². The third-order valence-electron chi connectivity index (χ3n) is 3.44. The highest BCUT2D eigenvalue weighted by Gasteiger charge is 2.01. The standard InChI is InChI=1S/C20H21F/c1-2-3-5-10-18(19-13-15-20(21)16-14-19)12-11-17-8-6-4-7-9-17/h4,6-9,11,13-16H,2-3,5,10H2,1H3. The highest BCUT2D eigenvalue weighted by molar-refractivity contribution is 5.69. The van der Waals surface area contributed by atoms with E-state index in [1.807, 2.05) is 36.4 Å². The Hall–Kier alpha value is -2.11. The van der Waals surface area contributed by atoms with Crippen LogP contribution in [0, 0.1) is 5.82 Å². The fourth-order valence-electron chi connectivity index (χ4n) is 2.22. The quantitative estimate of drug-likeness (QED) is 0.443. The molecule has 0 atom stereocenters. The van der Waals surface area contributed by atoms with Crippen molar-refractivity contribution in [3.63, 3.8) is 0 Å². The van der Waals surface area contributed by atoms with E-state index in [9.17, 15) is 4.39 Å². The maximum Gasteiger partial charge on any atom is 0.123 e. The van der Waals surface area contributed by atoms with E-state index in [0.29, 0.717) is 0 Å². The molecule has 0 aliphatic heterocycles. The maximum absolute atomic E-state index is 13.1. The summed E-state index contributed by atoms with van der Waals surface area (Å²) in [6.07, 6.45) is 6.52. The van der Waals surface area contributed by atoms with E-state index >= 15 is 0 Å². The Morgan fingerprint density at radius 3 is 2.38 bits per heavy atom. The molecule has 0 heterocycles. The lowest BCUT2D eigenvalue weighted by molar-refractivity contribution is 0.627. The summed E-state index contributed by atoms with van der Waals surface area (Å²) in [6, 6.07) is 16.8. The van der Waals surface area contributed by atoms with Gasteiger partial charge < -0.3 is 0 Å². The van der Waals surface area contributed by atoms with Gasteiger partial charge in [-0.05, 0) is 42.2 Å². The second-order valence-corrected chi connectivity index (χ2v) is 5.14. The lowest BCUT2D eigenvalue weighted by atomic mass is 10.00. The number of allylic oxidation sites excluding steroid dienone is 1. The molecule has 0 bridgehead atoms. The van der Waals surface area contributed by atoms with Crippen molar-refractivity contribution in [2.75, 3.05) is 0 Å². The van der Waals surface area contributed by atoms with Crippen LogP contribution >= 0.6 is 0 Å². The fraction of sp³-hybridized carbons (Fsp3) is 0.250. The van der Waals surface area contributed by atoms with Crippen LogP contribution in [-0.4, -0.2) is 0 Å². The summed E-state index contributed by atoms with van der Waals surface area (Å²) in [5, 5.41) is 0. The smallest absolute Gasteiger partial charge is 0.123 e. The summed E-state index contributed by atoms with van der Waals surface area (Å²) < 4.78 is 13.1. The average Bonchev–Trinajstić information content (AvgIpc) is 2.53. The molecule has 0 aromatic heterocycles. The second-order valence-electron chi connectivity index (χ2n) is 5.14. The van der Waals surface area contributed by atoms with Crippen LogP contribution < -0.4 is 0 Å². The molecule has 21 heavy (non-hydrogen) atoms. The molecule has 0 N–H and O–H groups in total. The zero-order valence-corrected chi connectivity index (χ0v) is 12.5. The van der Waals surface area contributed by atoms with E-state index in [1.54, 1.807) is 0 Å². The predicted octanol–water partition coefficient (Wildman–Crippen LogP) is 6.10. The molecule has 0 aliphatic carbocycles. The van der Waals surface area contributed by atoms with Crippen LogP contribution in [0.1, 0.15) is 43.7 Å². The van der Waals surface area contributed by atoms with Crippen LogP contribution in [0.3, 0.4) is 0 Å². The third-order valence-corrected chi connectivity index (χ3v) is 3.44. The number of hydrogen-bond acceptors (Lipinski definition) is 0. The molecule has 108 valence electrons. The predicted molar refractivity (Wildman–Crippen MR) is 88.4 cm³/mol. The Kier molecular flexibility index (Phi) is 5.99. The molecule has 0 saturated heterocycles. The van der Waals surface area contributed by atoms with E-state index < -0.39 is 0 Å². The minimum atomic E-state index is -0.196. The summed E-state index contributed by atoms with van der Waals surface area (Å²) in [5.74, 6) is -0.196. The summed E-state index contributed by atoms with van der Waals surface area (Å²) in [6.45, 7) is 2.20. The Labute approximate surface area is 126 Å². The van der Waals surface area contributed by atoms with Gasteiger partial charge in [-0.25, -0.2) is 4.39 Å². The van der Waals surface area contributed by atoms with Crippen molar-refractivity contribution < 1.29 is 4.39 Å². The average molecular weight is 280 g/mol. The highest BCUT2D eigenvalue weighted by Crippen LogP contribution is 2.21. The van der Waals surface area contributed by atoms with Crippen LogP contribution in [0.15, 0.2) is 60.3 Å². The van der Waals surface area contributed by atoms with Gasteiger partial charge in [0, 0.05) is 5.57 Å². The first-order valence-corrected chi connectivity index (χ1v) is 7.56. The zero-order valence-electron chi connectivity index (χ0n) is 12.5. The van der Waals surface area contributed by atoms with E-state index in [4.69, 9.17) is 0 Å². The first kappa shape index (κ1) is 15.3. The van der Waals surface area contributed by atoms with Crippen molar-refractivity contribution in [1.29, 1.82) is 0 Å². The maximum atomic E-state index is 13.1. The number of hydrogen-bond donors (Lipinski definition) is 0. The van der Waals surface area contributed by atoms with Gasteiger partial charge in [-0.15, -0.1) is 5.73 Å². The molecule has 2 rings (SSSR count). The van der Waals surface area contributed by atoms with Crippen LogP contribution in [0.2, 0.25) is 0 Å². The van der Waals surface area contributed by atoms with Gasteiger partial charge in [-0.3, -0.25) is 0 Å². The first-order valence-electron chi connectivity index (χ1n) is 7.56. The van der Waals surface area contributed by atoms with Gasteiger partial charge in [0.2, 0.25) is 0 Å². The SMILES string of the molecule is CCCCCC(=C=Cc1ccccc1)c1ccc(F)cc1. The van der Waals surface area contributed by atoms with E-state index in [0.717, 1.165) is 29.5 Å². The Morgan fingerprint density at radius 2 is 1.71 bits per heavy atom. The van der Waals surface area contributed by atoms with Gasteiger partial charge in [-0.2, -0.15) is 0 Å². The largest absolute Gasteiger partial charge is 0.207 e. The molecule has 0 radical (unpaired) electrons. The molecular weight excluding hydrogens is 259 g/mol. The van der Waals surface area contributed by atoms with E-state index in [2.05, 4.69) is 24.8 Å². The summed E-state index contributed by atoms with van der Waals surface area (Å²) in [7, 11) is 0. The lowest BCUT2D eigenvalue weighted by Crippen LogP contribution is -1.85. The monoisotopic (exact) mass is 280 g/mol. The van der Waals surface area contributed by atoms with Crippen molar-refractivity contribution in [3.8, 4) is 0 Å². The molecule has 0 spiro atoms. The second kappa shape index (κ2) is 8.24. The number of halogens is 1. The van der Waals surface area contributed by atoms with Crippen LogP contribution in [0.4, 0.5) is 4.39 Å². The summed E-state index contributed by atoms with van der Waals surface area (Å²) in [4.78, 5) is 0. The molecule has 2 aromatic rings. The van der Waals surface area contributed by atoms with E-state index in [-0.39, 0.29) is 5.82 Å². The minimum absolute atomic E-state index is 0.196. The minimum Gasteiger partial charge on any atom is -0.207 e. The van der Waals surface area contributed by atoms with Crippen molar-refractivity contribution in [2.24, 2.45) is 0 Å². The number of unbranched alkanes of at least 4 members (excludes halogenated alkanes) is 2. The molecule has 0 nitrogen and oxygen atoms in total. The van der Waals surface area contributed by atoms with Crippen molar-refractivity contribution in [3.05, 3.63) is 77.3 Å². The molecule has 1 heteroatoms. The summed E-state index contributed by atoms with van der Waals surface area (Å²) >= 11 is 0. The van der Waals surface area contributed by atoms with Crippen LogP contribution in [0.25, 0.3) is 11.6 Å². The fourth-order valence-corrected chi connectivity index (χ4v) is 2.22. The molecule has 0 amide bonds. The molecular formula is C20H21F. The first-order chi connectivity index (χ1) is 10.3. The Morgan fingerprint density at radius 1 is 1.00 bits per heavy atom. The third kappa shape index (κ3) is 5.06. The number of rotatable bonds is 6. The molecule has 2 aromatic carbocycles. The van der Waals surface area contributed by atoms with Gasteiger partial charge in [0.25, 0.3) is 0 Å². The number of benzene rings is 2. The summed E-state index contributed by atoms with van der Waals surface area (Å²) in [5.41, 5.74) is 6.73. The zero-order chi connectivity index (χ0) is 14.9. The highest BCUT2D eigenvalue weighted by atomic mass is 19.1. The molecule has 0 saturated carbocycles. The van der Waals surface area contributed by atoms with Crippen molar-refractivity contribution >= 4 is 11.6 Å². The van der Waals surface area contributed by atoms with Gasteiger partial charge in [-0.1, -0.05) is 62.2 Å². The van der Waals surface area contributed by atoms with Gasteiger partial charge >= 0.3 is 0 Å².